The average molecular weight is 202 g/mol. The maximum absolute atomic E-state index is 9.88. The van der Waals surface area contributed by atoms with Gasteiger partial charge < -0.3 is 0 Å². The monoisotopic (exact) mass is 201 g/mol. The molecular formula is C4H2Cl3NO2. The van der Waals surface area contributed by atoms with Gasteiger partial charge in [-0.2, -0.15) is 0 Å². The lowest BCUT2D eigenvalue weighted by molar-refractivity contribution is -0.412. The first-order valence-electron chi connectivity index (χ1n) is 2.01. The number of nitrogens with zero attached hydrogens (tertiary/aromatic N) is 1. The van der Waals surface area contributed by atoms with Crippen molar-refractivity contribution in [1.82, 2.24) is 0 Å². The number of hydrogen-bond acceptors (Lipinski definition) is 2. The Labute approximate surface area is 72.0 Å². The second kappa shape index (κ2) is 3.81. The van der Waals surface area contributed by atoms with Crippen molar-refractivity contribution in [1.29, 1.82) is 0 Å². The molecule has 0 radical (unpaired) electrons. The molecule has 0 atom stereocenters. The first kappa shape index (κ1) is 9.75. The molecule has 0 heterocycles. The van der Waals surface area contributed by atoms with Gasteiger partial charge >= 0.3 is 5.16 Å². The lowest BCUT2D eigenvalue weighted by Crippen LogP contribution is -1.93. The summed E-state index contributed by atoms with van der Waals surface area (Å²) in [4.78, 5) is 9.03. The van der Waals surface area contributed by atoms with Gasteiger partial charge in [0.15, 0.2) is 0 Å². The second-order valence-corrected chi connectivity index (χ2v) is 2.46. The van der Waals surface area contributed by atoms with Crippen LogP contribution >= 0.6 is 34.8 Å². The van der Waals surface area contributed by atoms with Gasteiger partial charge in [0.25, 0.3) is 0 Å². The van der Waals surface area contributed by atoms with Crippen LogP contribution in [0, 0.1) is 10.1 Å². The highest BCUT2D eigenvalue weighted by Crippen LogP contribution is 2.23. The van der Waals surface area contributed by atoms with E-state index in [1.165, 1.54) is 0 Å². The van der Waals surface area contributed by atoms with Crippen molar-refractivity contribution in [3.8, 4) is 0 Å². The molecule has 0 amide bonds. The van der Waals surface area contributed by atoms with Gasteiger partial charge in [-0.1, -0.05) is 29.8 Å². The zero-order valence-electron chi connectivity index (χ0n) is 4.60. The van der Waals surface area contributed by atoms with Gasteiger partial charge in [0.1, 0.15) is 5.03 Å². The van der Waals surface area contributed by atoms with Gasteiger partial charge in [0.2, 0.25) is 0 Å². The largest absolute Gasteiger partial charge is 0.357 e. The van der Waals surface area contributed by atoms with Crippen molar-refractivity contribution in [3.63, 3.8) is 0 Å². The van der Waals surface area contributed by atoms with Gasteiger partial charge in [0, 0.05) is 0 Å². The van der Waals surface area contributed by atoms with E-state index in [4.69, 9.17) is 34.8 Å². The summed E-state index contributed by atoms with van der Waals surface area (Å²) in [6.07, 6.45) is 0. The van der Waals surface area contributed by atoms with E-state index in [2.05, 4.69) is 6.58 Å². The fourth-order valence-electron chi connectivity index (χ4n) is 0.192. The van der Waals surface area contributed by atoms with Crippen molar-refractivity contribution in [3.05, 3.63) is 31.9 Å². The maximum atomic E-state index is 9.88. The molecule has 0 aromatic rings. The molecule has 0 aromatic carbocycles. The molecule has 0 fully saturated rings. The Balaban J connectivity index is 4.67. The number of nitro groups is 1. The lowest BCUT2D eigenvalue weighted by atomic mass is 10.6. The van der Waals surface area contributed by atoms with Crippen LogP contribution in [0.15, 0.2) is 21.8 Å². The summed E-state index contributed by atoms with van der Waals surface area (Å²) in [6, 6.07) is 0. The first-order chi connectivity index (χ1) is 4.46. The normalized spacial score (nSPS) is 12.3. The van der Waals surface area contributed by atoms with Crippen LogP contribution < -0.4 is 0 Å². The van der Waals surface area contributed by atoms with E-state index in [9.17, 15) is 10.1 Å². The Morgan fingerprint density at radius 3 is 1.90 bits per heavy atom. The molecule has 0 aliphatic rings. The molecule has 56 valence electrons. The fraction of sp³-hybridized carbons (Fsp3) is 0. The third kappa shape index (κ3) is 2.56. The van der Waals surface area contributed by atoms with Crippen molar-refractivity contribution >= 4 is 34.8 Å². The minimum atomic E-state index is -0.850. The molecule has 0 aromatic heterocycles. The third-order valence-corrected chi connectivity index (χ3v) is 1.70. The predicted molar refractivity (Wildman–Crippen MR) is 40.7 cm³/mol. The van der Waals surface area contributed by atoms with Crippen LogP contribution in [0.5, 0.6) is 0 Å². The van der Waals surface area contributed by atoms with Gasteiger partial charge in [-0.15, -0.1) is 0 Å². The van der Waals surface area contributed by atoms with Crippen molar-refractivity contribution in [2.45, 2.75) is 0 Å². The van der Waals surface area contributed by atoms with Crippen LogP contribution in [0.1, 0.15) is 0 Å². The summed E-state index contributed by atoms with van der Waals surface area (Å²) in [5, 5.41) is 8.67. The molecule has 0 bridgehead atoms. The van der Waals surface area contributed by atoms with E-state index >= 15 is 0 Å². The Morgan fingerprint density at radius 2 is 1.80 bits per heavy atom. The quantitative estimate of drug-likeness (QED) is 0.299. The highest BCUT2D eigenvalue weighted by Gasteiger charge is 2.14. The lowest BCUT2D eigenvalue weighted by Gasteiger charge is -1.90. The summed E-state index contributed by atoms with van der Waals surface area (Å²) < 4.78 is 0. The highest BCUT2D eigenvalue weighted by molar-refractivity contribution is 6.47. The summed E-state index contributed by atoms with van der Waals surface area (Å²) >= 11 is 15.5. The number of halogens is 3. The molecule has 0 spiro atoms. The minimum absolute atomic E-state index is 0.150. The number of hydrogen-bond donors (Lipinski definition) is 0. The smallest absolute Gasteiger partial charge is 0.257 e. The van der Waals surface area contributed by atoms with Crippen LogP contribution in [-0.4, -0.2) is 4.92 Å². The molecule has 0 aliphatic carbocycles. The SMILES string of the molecule is C=C(Cl)C(Cl)=C(Cl)[N+](=O)[O-]. The fourth-order valence-corrected chi connectivity index (χ4v) is 0.513. The average Bonchev–Trinajstić information content (AvgIpc) is 1.84. The van der Waals surface area contributed by atoms with Gasteiger partial charge in [-0.3, -0.25) is 10.1 Å². The number of allylic oxidation sites excluding steroid dienone is 2. The third-order valence-electron chi connectivity index (χ3n) is 0.580. The van der Waals surface area contributed by atoms with Crippen LogP contribution in [0.4, 0.5) is 0 Å². The number of rotatable bonds is 2. The second-order valence-electron chi connectivity index (χ2n) is 1.27. The maximum Gasteiger partial charge on any atom is 0.357 e. The van der Waals surface area contributed by atoms with E-state index in [1.807, 2.05) is 0 Å². The summed E-state index contributed by atoms with van der Waals surface area (Å²) in [5.74, 6) is 0. The standard InChI is InChI=1S/C4H2Cl3NO2/c1-2(5)3(6)4(7)8(9)10/h1H2. The van der Waals surface area contributed by atoms with Crippen LogP contribution in [-0.2, 0) is 0 Å². The summed E-state index contributed by atoms with van der Waals surface area (Å²) in [7, 11) is 0. The van der Waals surface area contributed by atoms with E-state index in [-0.39, 0.29) is 10.1 Å². The molecular weight excluding hydrogens is 200 g/mol. The molecule has 0 N–H and O–H groups in total. The molecule has 6 heteroatoms. The topological polar surface area (TPSA) is 43.1 Å². The zero-order chi connectivity index (χ0) is 8.31. The van der Waals surface area contributed by atoms with E-state index < -0.39 is 10.1 Å². The van der Waals surface area contributed by atoms with Crippen LogP contribution in [0.2, 0.25) is 0 Å². The van der Waals surface area contributed by atoms with Gasteiger partial charge in [0.05, 0.1) is 9.96 Å². The van der Waals surface area contributed by atoms with Crippen molar-refractivity contribution in [2.75, 3.05) is 0 Å². The van der Waals surface area contributed by atoms with Crippen LogP contribution in [0.3, 0.4) is 0 Å². The van der Waals surface area contributed by atoms with Gasteiger partial charge in [-0.05, 0) is 11.6 Å². The molecule has 0 rings (SSSR count). The predicted octanol–water partition coefficient (Wildman–Crippen LogP) is 2.66. The molecule has 0 unspecified atom stereocenters. The van der Waals surface area contributed by atoms with Crippen LogP contribution in [0.25, 0.3) is 0 Å². The van der Waals surface area contributed by atoms with E-state index in [0.717, 1.165) is 0 Å². The Bertz CT molecular complexity index is 189. The molecule has 0 aliphatic heterocycles. The van der Waals surface area contributed by atoms with E-state index in [0.29, 0.717) is 0 Å². The Hall–Kier alpha value is -0.250. The Kier molecular flexibility index (Phi) is 3.71. The zero-order valence-corrected chi connectivity index (χ0v) is 6.87. The van der Waals surface area contributed by atoms with E-state index in [1.54, 1.807) is 0 Å². The summed E-state index contributed by atoms with van der Waals surface area (Å²) in [6.45, 7) is 3.15. The minimum Gasteiger partial charge on any atom is -0.257 e. The highest BCUT2D eigenvalue weighted by atomic mass is 35.5. The van der Waals surface area contributed by atoms with Gasteiger partial charge in [-0.25, -0.2) is 0 Å². The molecule has 0 saturated heterocycles. The molecule has 10 heavy (non-hydrogen) atoms. The van der Waals surface area contributed by atoms with Crippen molar-refractivity contribution in [2.24, 2.45) is 0 Å². The molecule has 0 saturated carbocycles. The first-order valence-corrected chi connectivity index (χ1v) is 3.14. The van der Waals surface area contributed by atoms with Crippen molar-refractivity contribution < 1.29 is 4.92 Å². The molecule has 3 nitrogen and oxygen atoms in total. The Morgan fingerprint density at radius 1 is 1.40 bits per heavy atom. The summed E-state index contributed by atoms with van der Waals surface area (Å²) in [5.41, 5.74) is 0.